The van der Waals surface area contributed by atoms with Crippen molar-refractivity contribution in [3.63, 3.8) is 0 Å². The molecule has 6 aromatic carbocycles. The third-order valence-corrected chi connectivity index (χ3v) is 25.2. The Hall–Kier alpha value is -11.5. The van der Waals surface area contributed by atoms with E-state index >= 15 is 0 Å². The minimum absolute atomic E-state index is 0.0794. The second kappa shape index (κ2) is 43.4. The van der Waals surface area contributed by atoms with E-state index in [4.69, 9.17) is 27.5 Å². The molecule has 34 heteroatoms. The zero-order valence-corrected chi connectivity index (χ0v) is 74.9. The van der Waals surface area contributed by atoms with Gasteiger partial charge in [-0.3, -0.25) is 37.4 Å². The number of benzene rings is 6. The van der Waals surface area contributed by atoms with Gasteiger partial charge in [-0.25, -0.2) is 8.78 Å². The number of Topliss-reactive ketones (excluding diaryl/α,β-unsaturated/α-hetero) is 1. The summed E-state index contributed by atoms with van der Waals surface area (Å²) in [7, 11) is -13.6. The Morgan fingerprint density at radius 2 is 1.01 bits per heavy atom. The number of aliphatic carboxylic acids is 1. The molecule has 0 saturated heterocycles. The maximum absolute atomic E-state index is 13.7. The van der Waals surface area contributed by atoms with Gasteiger partial charge in [0.2, 0.25) is 17.3 Å². The van der Waals surface area contributed by atoms with Gasteiger partial charge in [-0.15, -0.1) is 12.8 Å². The van der Waals surface area contributed by atoms with Gasteiger partial charge in [-0.05, 0) is 174 Å². The van der Waals surface area contributed by atoms with Crippen LogP contribution in [0.3, 0.4) is 0 Å². The fraction of sp³-hybridized carbons (Fsp3) is 0.363. The van der Waals surface area contributed by atoms with E-state index in [1.807, 2.05) is 146 Å². The molecule has 4 heterocycles. The molecule has 0 spiro atoms. The molecule has 0 aromatic heterocycles. The monoisotopic (exact) mass is 1790 g/mol. The number of azide groups is 1. The summed E-state index contributed by atoms with van der Waals surface area (Å²) < 4.78 is 169. The van der Waals surface area contributed by atoms with E-state index in [1.54, 1.807) is 30.3 Å². The Morgan fingerprint density at radius 3 is 1.42 bits per heavy atom. The number of carboxylic acid groups (broad SMARTS) is 1. The second-order valence-electron chi connectivity index (χ2n) is 31.9. The minimum Gasteiger partial charge on any atom is -0.481 e. The molecule has 0 bridgehead atoms. The van der Waals surface area contributed by atoms with Crippen LogP contribution in [0.5, 0.6) is 5.75 Å². The number of hydrogen-bond acceptors (Lipinski definition) is 17. The average molecular weight is 1800 g/mol. The first-order valence-electron chi connectivity index (χ1n) is 40.1. The van der Waals surface area contributed by atoms with Crippen LogP contribution < -0.4 is 30.9 Å². The van der Waals surface area contributed by atoms with Crippen molar-refractivity contribution in [3.8, 4) is 30.4 Å². The highest BCUT2D eigenvalue weighted by Crippen LogP contribution is 2.51. The van der Waals surface area contributed by atoms with E-state index in [-0.39, 0.29) is 49.7 Å². The van der Waals surface area contributed by atoms with Gasteiger partial charge in [-0.1, -0.05) is 138 Å². The summed E-state index contributed by atoms with van der Waals surface area (Å²) in [5.74, 6) is 0.196. The van der Waals surface area contributed by atoms with Gasteiger partial charge in [0.1, 0.15) is 20.7 Å². The summed E-state index contributed by atoms with van der Waals surface area (Å²) in [5.41, 5.74) is 21.9. The average Bonchev–Trinajstić information content (AvgIpc) is 1.60. The Morgan fingerprint density at radius 1 is 0.576 bits per heavy atom. The molecular weight excluding hydrogens is 1690 g/mol. The van der Waals surface area contributed by atoms with Gasteiger partial charge >= 0.3 is 5.97 Å². The number of para-hydroxylation sites is 1. The maximum atomic E-state index is 13.7. The minimum atomic E-state index is -4.38. The van der Waals surface area contributed by atoms with Gasteiger partial charge < -0.3 is 36.0 Å². The molecule has 2 amide bonds. The highest BCUT2D eigenvalue weighted by atomic mass is 32.2. The number of carboxylic acids is 1. The van der Waals surface area contributed by atoms with E-state index in [0.29, 0.717) is 51.7 Å². The third-order valence-electron chi connectivity index (χ3n) is 21.8. The smallest absolute Gasteiger partial charge is 0.303 e. The second-order valence-corrected chi connectivity index (χ2v) is 37.6. The lowest BCUT2D eigenvalue weighted by atomic mass is 9.81. The molecule has 0 radical (unpaired) electrons. The summed E-state index contributed by atoms with van der Waals surface area (Å²) in [6, 6.07) is 26.8. The van der Waals surface area contributed by atoms with Gasteiger partial charge in [-0.2, -0.15) is 42.8 Å². The number of carbonyl (C=O) groups excluding carboxylic acids is 3. The van der Waals surface area contributed by atoms with Crippen LogP contribution in [-0.4, -0.2) is 154 Å². The Kier molecular flexibility index (Phi) is 34.9. The maximum Gasteiger partial charge on any atom is 0.303 e. The molecule has 0 unspecified atom stereocenters. The molecule has 0 fully saturated rings. The van der Waals surface area contributed by atoms with Gasteiger partial charge in [0, 0.05) is 111 Å². The fourth-order valence-electron chi connectivity index (χ4n) is 15.3. The number of unbranched alkanes of at least 4 members (excludes halogenated alkanes) is 6. The highest BCUT2D eigenvalue weighted by Gasteiger charge is 2.46. The van der Waals surface area contributed by atoms with Crippen LogP contribution in [0.15, 0.2) is 212 Å². The summed E-state index contributed by atoms with van der Waals surface area (Å²) in [6.45, 7) is 19.2. The first-order chi connectivity index (χ1) is 58.6. The van der Waals surface area contributed by atoms with Crippen molar-refractivity contribution in [2.24, 2.45) is 10.8 Å². The quantitative estimate of drug-likeness (QED) is 0.00272. The Bertz CT molecular complexity index is 5950. The van der Waals surface area contributed by atoms with Gasteiger partial charge in [0.25, 0.3) is 46.4 Å². The number of nitrogens with zero attached hydrogens (tertiary/aromatic N) is 7. The van der Waals surface area contributed by atoms with Crippen molar-refractivity contribution in [1.82, 2.24) is 10.6 Å². The van der Waals surface area contributed by atoms with Crippen LogP contribution in [-0.2, 0) is 76.5 Å². The number of anilines is 2. The van der Waals surface area contributed by atoms with Crippen LogP contribution in [0, 0.1) is 36.3 Å². The first kappa shape index (κ1) is 101. The number of hydrogen-bond donors (Lipinski definition) is 8. The number of fused-ring (bicyclic) bond motifs is 4. The molecule has 6 aromatic rings. The predicted octanol–water partition coefficient (Wildman–Crippen LogP) is 15.7. The molecule has 1 atom stereocenters. The summed E-state index contributed by atoms with van der Waals surface area (Å²) in [5, 5.41) is 17.7. The van der Waals surface area contributed by atoms with Crippen molar-refractivity contribution < 1.29 is 98.8 Å². The molecule has 10 rings (SSSR count). The number of halogens is 2. The molecule has 125 heavy (non-hydrogen) atoms. The van der Waals surface area contributed by atoms with Crippen LogP contribution >= 0.6 is 0 Å². The van der Waals surface area contributed by atoms with E-state index in [0.717, 1.165) is 118 Å². The number of nitrogens with one attached hydrogen (secondary N) is 2. The summed E-state index contributed by atoms with van der Waals surface area (Å²) in [4.78, 5) is 54.3. The number of nitrogens with two attached hydrogens (primary N) is 1. The number of rotatable bonds is 34. The zero-order valence-electron chi connectivity index (χ0n) is 71.6. The molecule has 28 nitrogen and oxygen atoms in total. The van der Waals surface area contributed by atoms with Crippen LogP contribution in [0.1, 0.15) is 172 Å². The van der Waals surface area contributed by atoms with Crippen molar-refractivity contribution in [3.05, 3.63) is 237 Å². The number of carbonyl (C=O) groups is 4. The molecule has 4 aliphatic heterocycles. The fourth-order valence-corrected chi connectivity index (χ4v) is 17.3. The summed E-state index contributed by atoms with van der Waals surface area (Å²) >= 11 is 0. The van der Waals surface area contributed by atoms with Crippen molar-refractivity contribution in [1.29, 1.82) is 0 Å². The van der Waals surface area contributed by atoms with Crippen LogP contribution in [0.2, 0.25) is 0 Å². The molecular formula is C91H108F2N10O18S4+2. The third kappa shape index (κ3) is 25.8. The van der Waals surface area contributed by atoms with Crippen LogP contribution in [0.25, 0.3) is 10.4 Å². The van der Waals surface area contributed by atoms with Gasteiger partial charge in [0.15, 0.2) is 34.6 Å². The standard InChI is InChI=1S/C35H41N3O7S2.C32H38N2O8S2.C21H22F2N4O3.C3H5N/c1-7-21-36-33(39)16-12-9-13-22-38-30-20-18-26(47(43,44)45)24-28(30)35(4,5)32(38)15-11-8-10-14-31-34(2,3)27-23-25(46(40,41)42)17-19-29(27)37(31)6;1-31(2)24-20-22(43(37,38)39)15-17-26(24)33(5)28(31)12-8-6-9-13-29-32(3,4)25-21-23(44(40,41)42)16-18-27(25)34(29)19-11-7-10-14-30(35)36;1-2-3-4-11-18(19(28)13-30-20-16(22)9-6-10-17(20)23)25-21(29)14-7-5-8-15(12-14)26-27-24;1-2-3-4/h1,8,10-11,14-15,17-20,23-24H,9,12-13,16,21-22H2,2-6H3,(H2-,36,39,40,41,42,43,44,45);6,8-9,12-13,15-18,20-21H,7,10-11,14,19H2,1-5H3,(H2-,35,36,37,38,39,40,41,42);5-10,12,18H,2-4,11,13H2,1H3,(H,25,29);1H,3-4H2/p+2/t;;18-;/m..0./s1. The summed E-state index contributed by atoms with van der Waals surface area (Å²) in [6.07, 6.45) is 36.7. The number of allylic oxidation sites excluding steroid dienone is 12. The van der Waals surface area contributed by atoms with E-state index < -0.39 is 110 Å². The zero-order chi connectivity index (χ0) is 92.8. The number of terminal acetylenes is 2. The SMILES string of the molecule is C#CCN.C#CCNC(=O)CCCCCN1\C(=C/C=C/C=C/C2=[N+](C)c3ccc(S(=O)(=O)O)cc3C2(C)C)C(C)(C)c2cc(S(=O)(=O)O)ccc21.CCCCC[C@H](NC(=O)c1cccc(N=[N+]=[N-])c1)C(=O)COc1c(F)cccc1F.C[N+]1=C(/C=C/C=C/C=C2\N(CCCCCC(=O)O)c3ccc(S(=O)(=O)O)cc3C2(C)C)C(C)(C)c2cc(S(=O)(=O)O)ccc21. The van der Waals surface area contributed by atoms with Crippen LogP contribution in [0.4, 0.5) is 37.2 Å². The lowest BCUT2D eigenvalue weighted by Crippen LogP contribution is -2.43. The number of ketones is 1. The van der Waals surface area contributed by atoms with E-state index in [2.05, 4.69) is 48.7 Å². The van der Waals surface area contributed by atoms with Crippen molar-refractivity contribution >= 4 is 104 Å². The lowest BCUT2D eigenvalue weighted by molar-refractivity contribution is -0.401. The molecule has 0 aliphatic carbocycles. The normalized spacial score (nSPS) is 16.1. The van der Waals surface area contributed by atoms with E-state index in [1.165, 1.54) is 72.8 Å². The van der Waals surface area contributed by atoms with E-state index in [9.17, 15) is 79.8 Å². The predicted molar refractivity (Wildman–Crippen MR) is 478 cm³/mol. The first-order valence-corrected chi connectivity index (χ1v) is 45.9. The Balaban J connectivity index is 0.000000257. The highest BCUT2D eigenvalue weighted by molar-refractivity contribution is 7.86. The lowest BCUT2D eigenvalue weighted by Gasteiger charge is -2.27. The van der Waals surface area contributed by atoms with Crippen molar-refractivity contribution in [2.45, 2.75) is 187 Å². The number of ether oxygens (including phenoxy) is 1. The Labute approximate surface area is 730 Å². The topological polar surface area (TPSA) is 427 Å². The molecule has 0 saturated carbocycles. The molecule has 666 valence electrons. The number of amides is 2. The van der Waals surface area contributed by atoms with Gasteiger partial charge in [0.05, 0.1) is 49.5 Å². The molecule has 4 aliphatic rings. The van der Waals surface area contributed by atoms with Crippen molar-refractivity contribution in [2.75, 3.05) is 56.7 Å². The largest absolute Gasteiger partial charge is 0.481 e. The molecule has 9 N–H and O–H groups in total.